The molecule has 0 radical (unpaired) electrons. The summed E-state index contributed by atoms with van der Waals surface area (Å²) in [7, 11) is 0. The van der Waals surface area contributed by atoms with Crippen molar-refractivity contribution in [1.29, 1.82) is 0 Å². The lowest BCUT2D eigenvalue weighted by Gasteiger charge is -2.33. The molecule has 1 aliphatic heterocycles. The topological polar surface area (TPSA) is 77.0 Å². The van der Waals surface area contributed by atoms with Gasteiger partial charge in [-0.1, -0.05) is 0 Å². The summed E-state index contributed by atoms with van der Waals surface area (Å²) in [4.78, 5) is 14.5. The van der Waals surface area contributed by atoms with Gasteiger partial charge in [0.25, 0.3) is 0 Å². The Morgan fingerprint density at radius 1 is 1.32 bits per heavy atom. The first-order chi connectivity index (χ1) is 9.28. The molecule has 19 heavy (non-hydrogen) atoms. The Balaban J connectivity index is 1.60. The number of amides is 1. The Kier molecular flexibility index (Phi) is 3.50. The summed E-state index contributed by atoms with van der Waals surface area (Å²) in [5.41, 5.74) is 5.70. The van der Waals surface area contributed by atoms with Crippen LogP contribution in [-0.4, -0.2) is 38.7 Å². The minimum Gasteiger partial charge on any atom is -0.333 e. The Labute approximate surface area is 113 Å². The normalized spacial score (nSPS) is 27.1. The monoisotopic (exact) mass is 263 g/mol. The maximum absolute atomic E-state index is 12.5. The maximum atomic E-state index is 12.5. The average molecular weight is 263 g/mol. The van der Waals surface area contributed by atoms with E-state index in [1.54, 1.807) is 6.33 Å². The van der Waals surface area contributed by atoms with E-state index in [0.717, 1.165) is 51.1 Å². The molecule has 0 atom stereocenters. The van der Waals surface area contributed by atoms with E-state index in [4.69, 9.17) is 5.73 Å². The number of carbonyl (C=O) groups is 1. The molecule has 0 bridgehead atoms. The molecule has 6 heteroatoms. The fraction of sp³-hybridized carbons (Fsp3) is 0.769. The third-order valence-corrected chi connectivity index (χ3v) is 4.48. The molecule has 1 fully saturated rings. The van der Waals surface area contributed by atoms with E-state index in [1.165, 1.54) is 0 Å². The van der Waals surface area contributed by atoms with E-state index in [1.807, 2.05) is 9.47 Å². The molecule has 2 aliphatic rings. The van der Waals surface area contributed by atoms with Crippen LogP contribution in [0.5, 0.6) is 0 Å². The SMILES string of the molecule is NCC1CCC(C(=O)N2CCn3cnnc3C2)CC1. The number of hydrogen-bond acceptors (Lipinski definition) is 4. The molecule has 1 saturated carbocycles. The van der Waals surface area contributed by atoms with Crippen molar-refractivity contribution in [1.82, 2.24) is 19.7 Å². The van der Waals surface area contributed by atoms with Gasteiger partial charge in [-0.3, -0.25) is 4.79 Å². The van der Waals surface area contributed by atoms with Crippen LogP contribution in [0.2, 0.25) is 0 Å². The van der Waals surface area contributed by atoms with Gasteiger partial charge < -0.3 is 15.2 Å². The zero-order valence-corrected chi connectivity index (χ0v) is 11.2. The van der Waals surface area contributed by atoms with Crippen molar-refractivity contribution >= 4 is 5.91 Å². The quantitative estimate of drug-likeness (QED) is 0.837. The molecule has 6 nitrogen and oxygen atoms in total. The fourth-order valence-corrected chi connectivity index (χ4v) is 3.16. The standard InChI is InChI=1S/C13H21N5O/c14-7-10-1-3-11(4-2-10)13(19)17-5-6-18-9-15-16-12(18)8-17/h9-11H,1-8,14H2. The number of aromatic nitrogens is 3. The van der Waals surface area contributed by atoms with E-state index < -0.39 is 0 Å². The summed E-state index contributed by atoms with van der Waals surface area (Å²) in [6.07, 6.45) is 5.91. The summed E-state index contributed by atoms with van der Waals surface area (Å²) in [6.45, 7) is 2.95. The van der Waals surface area contributed by atoms with Crippen LogP contribution in [-0.2, 0) is 17.9 Å². The largest absolute Gasteiger partial charge is 0.333 e. The predicted octanol–water partition coefficient (Wildman–Crippen LogP) is 0.385. The Hall–Kier alpha value is -1.43. The fourth-order valence-electron chi connectivity index (χ4n) is 3.16. The van der Waals surface area contributed by atoms with E-state index >= 15 is 0 Å². The van der Waals surface area contributed by atoms with Crippen LogP contribution in [0, 0.1) is 11.8 Å². The second-order valence-corrected chi connectivity index (χ2v) is 5.65. The summed E-state index contributed by atoms with van der Waals surface area (Å²) in [5, 5.41) is 7.95. The lowest BCUT2D eigenvalue weighted by molar-refractivity contribution is -0.138. The molecule has 2 heterocycles. The smallest absolute Gasteiger partial charge is 0.226 e. The summed E-state index contributed by atoms with van der Waals surface area (Å²) in [6, 6.07) is 0. The van der Waals surface area contributed by atoms with Crippen molar-refractivity contribution in [2.45, 2.75) is 38.8 Å². The molecule has 0 aromatic carbocycles. The molecule has 0 saturated heterocycles. The van der Waals surface area contributed by atoms with Crippen LogP contribution in [0.1, 0.15) is 31.5 Å². The zero-order chi connectivity index (χ0) is 13.2. The van der Waals surface area contributed by atoms with E-state index in [9.17, 15) is 4.79 Å². The summed E-state index contributed by atoms with van der Waals surface area (Å²) >= 11 is 0. The van der Waals surface area contributed by atoms with Gasteiger partial charge in [0, 0.05) is 19.0 Å². The van der Waals surface area contributed by atoms with Gasteiger partial charge in [-0.15, -0.1) is 10.2 Å². The van der Waals surface area contributed by atoms with Gasteiger partial charge in [-0.25, -0.2) is 0 Å². The molecule has 1 amide bonds. The highest BCUT2D eigenvalue weighted by atomic mass is 16.2. The minimum atomic E-state index is 0.192. The molecule has 0 spiro atoms. The predicted molar refractivity (Wildman–Crippen MR) is 69.9 cm³/mol. The lowest BCUT2D eigenvalue weighted by atomic mass is 9.81. The second-order valence-electron chi connectivity index (χ2n) is 5.65. The van der Waals surface area contributed by atoms with Crippen molar-refractivity contribution in [3.05, 3.63) is 12.2 Å². The molecule has 1 aliphatic carbocycles. The third kappa shape index (κ3) is 2.49. The van der Waals surface area contributed by atoms with E-state index in [2.05, 4.69) is 10.2 Å². The highest BCUT2D eigenvalue weighted by Gasteiger charge is 2.31. The Morgan fingerprint density at radius 2 is 2.11 bits per heavy atom. The molecule has 104 valence electrons. The van der Waals surface area contributed by atoms with Gasteiger partial charge >= 0.3 is 0 Å². The van der Waals surface area contributed by atoms with Crippen LogP contribution in [0.25, 0.3) is 0 Å². The van der Waals surface area contributed by atoms with Gasteiger partial charge in [0.2, 0.25) is 5.91 Å². The molecule has 1 aromatic rings. The highest BCUT2D eigenvalue weighted by molar-refractivity contribution is 5.79. The van der Waals surface area contributed by atoms with Crippen LogP contribution in [0.15, 0.2) is 6.33 Å². The first-order valence-electron chi connectivity index (χ1n) is 7.13. The van der Waals surface area contributed by atoms with E-state index in [0.29, 0.717) is 18.4 Å². The summed E-state index contributed by atoms with van der Waals surface area (Å²) in [5.74, 6) is 2.01. The third-order valence-electron chi connectivity index (χ3n) is 4.48. The number of fused-ring (bicyclic) bond motifs is 1. The first kappa shape index (κ1) is 12.6. The number of hydrogen-bond donors (Lipinski definition) is 1. The molecule has 2 N–H and O–H groups in total. The van der Waals surface area contributed by atoms with Crippen LogP contribution >= 0.6 is 0 Å². The number of nitrogens with two attached hydrogens (primary N) is 1. The van der Waals surface area contributed by atoms with Crippen LogP contribution in [0.4, 0.5) is 0 Å². The maximum Gasteiger partial charge on any atom is 0.226 e. The second kappa shape index (κ2) is 5.28. The van der Waals surface area contributed by atoms with Crippen molar-refractivity contribution in [3.63, 3.8) is 0 Å². The molecule has 3 rings (SSSR count). The van der Waals surface area contributed by atoms with Crippen molar-refractivity contribution < 1.29 is 4.79 Å². The molecular formula is C13H21N5O. The first-order valence-corrected chi connectivity index (χ1v) is 7.13. The molecule has 0 unspecified atom stereocenters. The molecule has 1 aromatic heterocycles. The van der Waals surface area contributed by atoms with Gasteiger partial charge in [-0.05, 0) is 38.1 Å². The summed E-state index contributed by atoms with van der Waals surface area (Å²) < 4.78 is 2.02. The number of nitrogens with zero attached hydrogens (tertiary/aromatic N) is 4. The zero-order valence-electron chi connectivity index (χ0n) is 11.2. The highest BCUT2D eigenvalue weighted by Crippen LogP contribution is 2.30. The van der Waals surface area contributed by atoms with Crippen molar-refractivity contribution in [3.8, 4) is 0 Å². The van der Waals surface area contributed by atoms with Gasteiger partial charge in [0.1, 0.15) is 6.33 Å². The minimum absolute atomic E-state index is 0.192. The Morgan fingerprint density at radius 3 is 2.84 bits per heavy atom. The van der Waals surface area contributed by atoms with E-state index in [-0.39, 0.29) is 5.92 Å². The Bertz CT molecular complexity index is 450. The van der Waals surface area contributed by atoms with Crippen molar-refractivity contribution in [2.24, 2.45) is 17.6 Å². The van der Waals surface area contributed by atoms with Gasteiger partial charge in [-0.2, -0.15) is 0 Å². The number of rotatable bonds is 2. The van der Waals surface area contributed by atoms with Crippen LogP contribution < -0.4 is 5.73 Å². The number of carbonyl (C=O) groups excluding carboxylic acids is 1. The van der Waals surface area contributed by atoms with Gasteiger partial charge in [0.15, 0.2) is 5.82 Å². The lowest BCUT2D eigenvalue weighted by Crippen LogP contribution is -2.42. The molecular weight excluding hydrogens is 242 g/mol. The van der Waals surface area contributed by atoms with Gasteiger partial charge in [0.05, 0.1) is 6.54 Å². The average Bonchev–Trinajstić information content (AvgIpc) is 2.94. The van der Waals surface area contributed by atoms with Crippen LogP contribution in [0.3, 0.4) is 0 Å². The van der Waals surface area contributed by atoms with Crippen molar-refractivity contribution in [2.75, 3.05) is 13.1 Å².